The van der Waals surface area contributed by atoms with Gasteiger partial charge in [-0.15, -0.1) is 11.3 Å². The topological polar surface area (TPSA) is 70.6 Å². The Kier molecular flexibility index (Phi) is 5.48. The molecule has 2 aliphatic heterocycles. The Hall–Kier alpha value is -1.51. The number of likely N-dealkylation sites (tertiary alicyclic amines) is 1. The van der Waals surface area contributed by atoms with Gasteiger partial charge in [-0.2, -0.15) is 0 Å². The highest BCUT2D eigenvalue weighted by atomic mass is 32.2. The molecule has 2 saturated heterocycles. The van der Waals surface area contributed by atoms with Gasteiger partial charge in [0.1, 0.15) is 5.01 Å². The molecule has 1 aromatic carbocycles. The SMILES string of the molecule is O=C(CCCS(=O)(=O)N1CCCC1)N1CCCC1c1nc2ccccc2s1. The van der Waals surface area contributed by atoms with Crippen LogP contribution in [0.3, 0.4) is 0 Å². The molecule has 0 bridgehead atoms. The molecule has 146 valence electrons. The number of para-hydroxylation sites is 1. The molecule has 2 fully saturated rings. The predicted octanol–water partition coefficient (Wildman–Crippen LogP) is 3.17. The van der Waals surface area contributed by atoms with Crippen LogP contribution >= 0.6 is 11.3 Å². The normalized spacial score (nSPS) is 21.3. The van der Waals surface area contributed by atoms with Crippen molar-refractivity contribution in [2.24, 2.45) is 0 Å². The molecule has 2 aliphatic rings. The number of hydrogen-bond donors (Lipinski definition) is 0. The van der Waals surface area contributed by atoms with Crippen molar-refractivity contribution in [2.45, 2.75) is 44.6 Å². The van der Waals surface area contributed by atoms with Gasteiger partial charge >= 0.3 is 0 Å². The summed E-state index contributed by atoms with van der Waals surface area (Å²) in [4.78, 5) is 19.4. The number of hydrogen-bond acceptors (Lipinski definition) is 5. The highest BCUT2D eigenvalue weighted by molar-refractivity contribution is 7.89. The summed E-state index contributed by atoms with van der Waals surface area (Å²) in [5.41, 5.74) is 0.980. The molecule has 3 heterocycles. The summed E-state index contributed by atoms with van der Waals surface area (Å²) >= 11 is 1.65. The van der Waals surface area contributed by atoms with Crippen LogP contribution in [0.1, 0.15) is 49.6 Å². The average Bonchev–Trinajstić information content (AvgIpc) is 3.40. The smallest absolute Gasteiger partial charge is 0.223 e. The van der Waals surface area contributed by atoms with E-state index in [-0.39, 0.29) is 24.1 Å². The van der Waals surface area contributed by atoms with Gasteiger partial charge in [-0.05, 0) is 44.2 Å². The zero-order chi connectivity index (χ0) is 18.9. The van der Waals surface area contributed by atoms with E-state index in [1.807, 2.05) is 23.1 Å². The van der Waals surface area contributed by atoms with Crippen molar-refractivity contribution in [3.63, 3.8) is 0 Å². The van der Waals surface area contributed by atoms with Crippen molar-refractivity contribution in [1.29, 1.82) is 0 Å². The molecular weight excluding hydrogens is 382 g/mol. The Labute approximate surface area is 164 Å². The monoisotopic (exact) mass is 407 g/mol. The zero-order valence-electron chi connectivity index (χ0n) is 15.3. The Morgan fingerprint density at radius 3 is 2.70 bits per heavy atom. The van der Waals surface area contributed by atoms with Crippen molar-refractivity contribution in [3.05, 3.63) is 29.3 Å². The Bertz CT molecular complexity index is 886. The molecule has 1 unspecified atom stereocenters. The van der Waals surface area contributed by atoms with E-state index in [4.69, 9.17) is 4.98 Å². The number of rotatable bonds is 6. The first-order valence-corrected chi connectivity index (χ1v) is 12.1. The average molecular weight is 408 g/mol. The second kappa shape index (κ2) is 7.85. The third-order valence-corrected chi connectivity index (χ3v) is 8.51. The molecule has 0 saturated carbocycles. The van der Waals surface area contributed by atoms with Gasteiger partial charge in [0, 0.05) is 26.1 Å². The number of benzene rings is 1. The van der Waals surface area contributed by atoms with Gasteiger partial charge in [-0.1, -0.05) is 12.1 Å². The summed E-state index contributed by atoms with van der Waals surface area (Å²) in [6.07, 6.45) is 4.46. The first-order chi connectivity index (χ1) is 13.0. The number of thiazole rings is 1. The van der Waals surface area contributed by atoms with E-state index >= 15 is 0 Å². The lowest BCUT2D eigenvalue weighted by molar-refractivity contribution is -0.132. The third kappa shape index (κ3) is 4.02. The number of carbonyl (C=O) groups is 1. The number of carbonyl (C=O) groups excluding carboxylic acids is 1. The van der Waals surface area contributed by atoms with Crippen LogP contribution in [0, 0.1) is 0 Å². The maximum atomic E-state index is 12.7. The van der Waals surface area contributed by atoms with E-state index < -0.39 is 10.0 Å². The molecule has 0 spiro atoms. The third-order valence-electron chi connectivity index (χ3n) is 5.42. The minimum atomic E-state index is -3.21. The first kappa shape index (κ1) is 18.8. The molecule has 1 aromatic heterocycles. The lowest BCUT2D eigenvalue weighted by Crippen LogP contribution is -2.32. The standard InChI is InChI=1S/C19H25N3O3S2/c23-18(10-6-14-27(24,25)21-11-3-4-12-21)22-13-5-8-16(22)19-20-15-7-1-2-9-17(15)26-19/h1-2,7,9,16H,3-6,8,10-14H2. The molecule has 0 aliphatic carbocycles. The molecule has 2 aromatic rings. The maximum absolute atomic E-state index is 12.7. The number of amides is 1. The second-order valence-electron chi connectivity index (χ2n) is 7.29. The van der Waals surface area contributed by atoms with Crippen LogP contribution in [0.15, 0.2) is 24.3 Å². The molecule has 4 rings (SSSR count). The molecule has 1 atom stereocenters. The summed E-state index contributed by atoms with van der Waals surface area (Å²) in [6.45, 7) is 1.99. The summed E-state index contributed by atoms with van der Waals surface area (Å²) in [5.74, 6) is 0.117. The van der Waals surface area contributed by atoms with E-state index in [2.05, 4.69) is 6.07 Å². The Morgan fingerprint density at radius 2 is 1.93 bits per heavy atom. The van der Waals surface area contributed by atoms with Crippen molar-refractivity contribution in [3.8, 4) is 0 Å². The minimum absolute atomic E-state index is 0.0325. The molecule has 0 N–H and O–H groups in total. The molecule has 1 amide bonds. The largest absolute Gasteiger partial charge is 0.333 e. The van der Waals surface area contributed by atoms with Crippen molar-refractivity contribution < 1.29 is 13.2 Å². The van der Waals surface area contributed by atoms with Crippen molar-refractivity contribution >= 4 is 37.5 Å². The van der Waals surface area contributed by atoms with Gasteiger partial charge in [0.2, 0.25) is 15.9 Å². The summed E-state index contributed by atoms with van der Waals surface area (Å²) in [7, 11) is -3.21. The van der Waals surface area contributed by atoms with Crippen LogP contribution in [0.2, 0.25) is 0 Å². The van der Waals surface area contributed by atoms with Crippen LogP contribution in [-0.4, -0.2) is 53.9 Å². The quantitative estimate of drug-likeness (QED) is 0.737. The van der Waals surface area contributed by atoms with Gasteiger partial charge in [0.15, 0.2) is 0 Å². The molecular formula is C19H25N3O3S2. The van der Waals surface area contributed by atoms with Crippen LogP contribution in [-0.2, 0) is 14.8 Å². The molecule has 27 heavy (non-hydrogen) atoms. The Balaban J connectivity index is 1.37. The maximum Gasteiger partial charge on any atom is 0.223 e. The van der Waals surface area contributed by atoms with Gasteiger partial charge in [-0.25, -0.2) is 17.7 Å². The Morgan fingerprint density at radius 1 is 1.15 bits per heavy atom. The lowest BCUT2D eigenvalue weighted by atomic mass is 10.2. The van der Waals surface area contributed by atoms with E-state index in [1.165, 1.54) is 0 Å². The van der Waals surface area contributed by atoms with Gasteiger partial charge in [0.05, 0.1) is 22.0 Å². The summed E-state index contributed by atoms with van der Waals surface area (Å²) in [5, 5.41) is 0.992. The lowest BCUT2D eigenvalue weighted by Gasteiger charge is -2.23. The molecule has 6 nitrogen and oxygen atoms in total. The van der Waals surface area contributed by atoms with E-state index in [0.29, 0.717) is 19.5 Å². The number of sulfonamides is 1. The van der Waals surface area contributed by atoms with Gasteiger partial charge in [-0.3, -0.25) is 4.79 Å². The molecule has 0 radical (unpaired) electrons. The fraction of sp³-hybridized carbons (Fsp3) is 0.579. The van der Waals surface area contributed by atoms with E-state index in [9.17, 15) is 13.2 Å². The van der Waals surface area contributed by atoms with E-state index in [1.54, 1.807) is 15.6 Å². The fourth-order valence-electron chi connectivity index (χ4n) is 4.00. The number of fused-ring (bicyclic) bond motifs is 1. The van der Waals surface area contributed by atoms with Gasteiger partial charge < -0.3 is 4.90 Å². The van der Waals surface area contributed by atoms with Crippen LogP contribution in [0.25, 0.3) is 10.2 Å². The fourth-order valence-corrected chi connectivity index (χ4v) is 6.70. The van der Waals surface area contributed by atoms with Crippen LogP contribution < -0.4 is 0 Å². The first-order valence-electron chi connectivity index (χ1n) is 9.67. The number of aromatic nitrogens is 1. The highest BCUT2D eigenvalue weighted by Gasteiger charge is 2.32. The van der Waals surface area contributed by atoms with Crippen LogP contribution in [0.5, 0.6) is 0 Å². The zero-order valence-corrected chi connectivity index (χ0v) is 17.0. The van der Waals surface area contributed by atoms with Crippen molar-refractivity contribution in [2.75, 3.05) is 25.4 Å². The second-order valence-corrected chi connectivity index (χ2v) is 10.4. The summed E-state index contributed by atoms with van der Waals surface area (Å²) in [6, 6.07) is 8.07. The molecule has 8 heteroatoms. The summed E-state index contributed by atoms with van der Waals surface area (Å²) < 4.78 is 27.3. The van der Waals surface area contributed by atoms with Crippen molar-refractivity contribution in [1.82, 2.24) is 14.2 Å². The number of nitrogens with zero attached hydrogens (tertiary/aromatic N) is 3. The van der Waals surface area contributed by atoms with E-state index in [0.717, 1.165) is 47.5 Å². The van der Waals surface area contributed by atoms with Crippen LogP contribution in [0.4, 0.5) is 0 Å². The minimum Gasteiger partial charge on any atom is -0.333 e. The predicted molar refractivity (Wildman–Crippen MR) is 107 cm³/mol. The highest BCUT2D eigenvalue weighted by Crippen LogP contribution is 2.36. The van der Waals surface area contributed by atoms with Gasteiger partial charge in [0.25, 0.3) is 0 Å².